The van der Waals surface area contributed by atoms with Gasteiger partial charge in [0.2, 0.25) is 10.0 Å². The third-order valence-electron chi connectivity index (χ3n) is 3.08. The van der Waals surface area contributed by atoms with Crippen molar-refractivity contribution in [2.75, 3.05) is 10.8 Å². The number of rotatable bonds is 3. The van der Waals surface area contributed by atoms with Crippen LogP contribution in [0.15, 0.2) is 18.2 Å². The molecule has 0 fully saturated rings. The van der Waals surface area contributed by atoms with E-state index in [0.29, 0.717) is 18.7 Å². The minimum Gasteiger partial charge on any atom is -0.478 e. The van der Waals surface area contributed by atoms with E-state index in [-0.39, 0.29) is 5.56 Å². The van der Waals surface area contributed by atoms with Crippen molar-refractivity contribution >= 4 is 21.7 Å². The third-order valence-corrected chi connectivity index (χ3v) is 5.27. The summed E-state index contributed by atoms with van der Waals surface area (Å²) in [4.78, 5) is 10.9. The molecular weight excluding hydrogens is 254 g/mol. The zero-order chi connectivity index (χ0) is 13.5. The van der Waals surface area contributed by atoms with Gasteiger partial charge in [-0.3, -0.25) is 4.31 Å². The van der Waals surface area contributed by atoms with Crippen molar-refractivity contribution in [2.45, 2.75) is 25.5 Å². The van der Waals surface area contributed by atoms with E-state index in [9.17, 15) is 13.2 Å². The molecule has 0 radical (unpaired) electrons. The summed E-state index contributed by atoms with van der Waals surface area (Å²) in [6.45, 7) is 3.66. The van der Waals surface area contributed by atoms with Gasteiger partial charge in [0, 0.05) is 6.54 Å². The maximum Gasteiger partial charge on any atom is 0.335 e. The summed E-state index contributed by atoms with van der Waals surface area (Å²) in [5.41, 5.74) is 1.57. The van der Waals surface area contributed by atoms with Crippen molar-refractivity contribution < 1.29 is 18.3 Å². The zero-order valence-electron chi connectivity index (χ0n) is 10.3. The van der Waals surface area contributed by atoms with Gasteiger partial charge >= 0.3 is 5.97 Å². The summed E-state index contributed by atoms with van der Waals surface area (Å²) >= 11 is 0. The van der Waals surface area contributed by atoms with Gasteiger partial charge < -0.3 is 5.11 Å². The van der Waals surface area contributed by atoms with Crippen molar-refractivity contribution in [3.8, 4) is 0 Å². The Morgan fingerprint density at radius 2 is 2.06 bits per heavy atom. The van der Waals surface area contributed by atoms with E-state index in [4.69, 9.17) is 5.11 Å². The second-order valence-electron chi connectivity index (χ2n) is 4.56. The third kappa shape index (κ3) is 1.96. The molecule has 2 rings (SSSR count). The number of anilines is 1. The first-order valence-corrected chi connectivity index (χ1v) is 7.22. The summed E-state index contributed by atoms with van der Waals surface area (Å²) in [6, 6.07) is 4.56. The molecule has 6 heteroatoms. The van der Waals surface area contributed by atoms with E-state index < -0.39 is 21.2 Å². The normalized spacial score (nSPS) is 14.9. The van der Waals surface area contributed by atoms with Crippen LogP contribution in [0.2, 0.25) is 0 Å². The Balaban J connectivity index is 2.44. The molecule has 0 amide bonds. The summed E-state index contributed by atoms with van der Waals surface area (Å²) in [5, 5.41) is 8.41. The molecular formula is C12H15NO4S. The molecule has 0 unspecified atom stereocenters. The van der Waals surface area contributed by atoms with E-state index in [0.717, 1.165) is 5.56 Å². The van der Waals surface area contributed by atoms with E-state index >= 15 is 0 Å². The van der Waals surface area contributed by atoms with Gasteiger partial charge in [-0.1, -0.05) is 0 Å². The van der Waals surface area contributed by atoms with E-state index in [2.05, 4.69) is 0 Å². The molecule has 1 aromatic rings. The molecule has 1 aliphatic heterocycles. The number of nitrogens with zero attached hydrogens (tertiary/aromatic N) is 1. The smallest absolute Gasteiger partial charge is 0.335 e. The Hall–Kier alpha value is -1.56. The molecule has 0 aromatic heterocycles. The molecule has 1 heterocycles. The van der Waals surface area contributed by atoms with Crippen LogP contribution in [0.3, 0.4) is 0 Å². The van der Waals surface area contributed by atoms with Crippen LogP contribution in [0.1, 0.15) is 29.8 Å². The van der Waals surface area contributed by atoms with Gasteiger partial charge in [-0.25, -0.2) is 13.2 Å². The molecule has 18 heavy (non-hydrogen) atoms. The van der Waals surface area contributed by atoms with Crippen LogP contribution in [-0.2, 0) is 16.4 Å². The van der Waals surface area contributed by atoms with Gasteiger partial charge in [-0.15, -0.1) is 0 Å². The van der Waals surface area contributed by atoms with E-state index in [1.165, 1.54) is 10.4 Å². The SMILES string of the molecule is CC(C)S(=O)(=O)N1CCc2cc(C(=O)O)ccc21. The average Bonchev–Trinajstić information content (AvgIpc) is 2.71. The Labute approximate surface area is 106 Å². The minimum absolute atomic E-state index is 0.192. The summed E-state index contributed by atoms with van der Waals surface area (Å²) in [5.74, 6) is -0.997. The molecule has 0 bridgehead atoms. The lowest BCUT2D eigenvalue weighted by molar-refractivity contribution is 0.0697. The van der Waals surface area contributed by atoms with Gasteiger partial charge in [0.15, 0.2) is 0 Å². The number of carbonyl (C=O) groups is 1. The number of fused-ring (bicyclic) bond motifs is 1. The maximum atomic E-state index is 12.1. The van der Waals surface area contributed by atoms with E-state index in [1.807, 2.05) is 0 Å². The Kier molecular flexibility index (Phi) is 3.06. The molecule has 5 nitrogen and oxygen atoms in total. The molecule has 0 aliphatic carbocycles. The predicted octanol–water partition coefficient (Wildman–Crippen LogP) is 1.49. The van der Waals surface area contributed by atoms with Crippen LogP contribution in [0, 0.1) is 0 Å². The second kappa shape index (κ2) is 4.28. The lowest BCUT2D eigenvalue weighted by Crippen LogP contribution is -2.34. The number of aromatic carboxylic acids is 1. The summed E-state index contributed by atoms with van der Waals surface area (Å²) < 4.78 is 25.6. The number of benzene rings is 1. The Bertz CT molecular complexity index is 592. The van der Waals surface area contributed by atoms with Crippen molar-refractivity contribution in [3.63, 3.8) is 0 Å². The Morgan fingerprint density at radius 3 is 2.61 bits per heavy atom. The molecule has 1 N–H and O–H groups in total. The van der Waals surface area contributed by atoms with Crippen LogP contribution in [0.5, 0.6) is 0 Å². The molecule has 0 atom stereocenters. The molecule has 98 valence electrons. The summed E-state index contributed by atoms with van der Waals surface area (Å²) in [7, 11) is -3.34. The van der Waals surface area contributed by atoms with Crippen LogP contribution in [-0.4, -0.2) is 31.3 Å². The van der Waals surface area contributed by atoms with Crippen molar-refractivity contribution in [3.05, 3.63) is 29.3 Å². The first-order chi connectivity index (χ1) is 8.34. The van der Waals surface area contributed by atoms with Gasteiger partial charge in [0.05, 0.1) is 16.5 Å². The van der Waals surface area contributed by atoms with Crippen molar-refractivity contribution in [1.82, 2.24) is 0 Å². The predicted molar refractivity (Wildman–Crippen MR) is 68.5 cm³/mol. The topological polar surface area (TPSA) is 74.7 Å². The van der Waals surface area contributed by atoms with E-state index in [1.54, 1.807) is 26.0 Å². The molecule has 1 aromatic carbocycles. The molecule has 1 aliphatic rings. The highest BCUT2D eigenvalue weighted by molar-refractivity contribution is 7.93. The second-order valence-corrected chi connectivity index (χ2v) is 6.98. The fourth-order valence-electron chi connectivity index (χ4n) is 2.02. The first-order valence-electron chi connectivity index (χ1n) is 5.72. The zero-order valence-corrected chi connectivity index (χ0v) is 11.1. The summed E-state index contributed by atoms with van der Waals surface area (Å²) in [6.07, 6.45) is 0.558. The van der Waals surface area contributed by atoms with Gasteiger partial charge in [0.1, 0.15) is 0 Å². The fourth-order valence-corrected chi connectivity index (χ4v) is 3.33. The molecule has 0 saturated heterocycles. The largest absolute Gasteiger partial charge is 0.478 e. The van der Waals surface area contributed by atoms with Crippen LogP contribution < -0.4 is 4.31 Å². The fraction of sp³-hybridized carbons (Fsp3) is 0.417. The highest BCUT2D eigenvalue weighted by Gasteiger charge is 2.31. The number of carboxylic acid groups (broad SMARTS) is 1. The van der Waals surface area contributed by atoms with Gasteiger partial charge in [0.25, 0.3) is 0 Å². The monoisotopic (exact) mass is 269 g/mol. The number of hydrogen-bond acceptors (Lipinski definition) is 3. The van der Waals surface area contributed by atoms with Gasteiger partial charge in [-0.2, -0.15) is 0 Å². The van der Waals surface area contributed by atoms with Crippen LogP contribution >= 0.6 is 0 Å². The average molecular weight is 269 g/mol. The molecule has 0 spiro atoms. The molecule has 0 saturated carbocycles. The lowest BCUT2D eigenvalue weighted by atomic mass is 10.1. The Morgan fingerprint density at radius 1 is 1.39 bits per heavy atom. The minimum atomic E-state index is -3.34. The highest BCUT2D eigenvalue weighted by Crippen LogP contribution is 2.32. The van der Waals surface area contributed by atoms with Crippen molar-refractivity contribution in [1.29, 1.82) is 0 Å². The van der Waals surface area contributed by atoms with Crippen LogP contribution in [0.4, 0.5) is 5.69 Å². The number of hydrogen-bond donors (Lipinski definition) is 1. The number of carboxylic acids is 1. The first kappa shape index (κ1) is 12.9. The van der Waals surface area contributed by atoms with Crippen LogP contribution in [0.25, 0.3) is 0 Å². The standard InChI is InChI=1S/C12H15NO4S/c1-8(2)18(16,17)13-6-5-9-7-10(12(14)15)3-4-11(9)13/h3-4,7-8H,5-6H2,1-2H3,(H,14,15). The lowest BCUT2D eigenvalue weighted by Gasteiger charge is -2.21. The highest BCUT2D eigenvalue weighted by atomic mass is 32.2. The maximum absolute atomic E-state index is 12.1. The number of sulfonamides is 1. The van der Waals surface area contributed by atoms with Gasteiger partial charge in [-0.05, 0) is 44.0 Å². The quantitative estimate of drug-likeness (QED) is 0.902. The van der Waals surface area contributed by atoms with Crippen molar-refractivity contribution in [2.24, 2.45) is 0 Å².